The summed E-state index contributed by atoms with van der Waals surface area (Å²) in [6.07, 6.45) is 2.77. The quantitative estimate of drug-likeness (QED) is 0.867. The molecule has 1 fully saturated rings. The third kappa shape index (κ3) is 3.17. The number of nitrogens with one attached hydrogen (secondary N) is 1. The maximum Gasteiger partial charge on any atom is 0.193 e. The van der Waals surface area contributed by atoms with Crippen LogP contribution in [-0.2, 0) is 0 Å². The van der Waals surface area contributed by atoms with Gasteiger partial charge in [-0.2, -0.15) is 0 Å². The highest BCUT2D eigenvalue weighted by Gasteiger charge is 2.23. The Kier molecular flexibility index (Phi) is 3.99. The van der Waals surface area contributed by atoms with Crippen molar-refractivity contribution in [3.05, 3.63) is 52.9 Å². The summed E-state index contributed by atoms with van der Waals surface area (Å²) in [7, 11) is 0. The van der Waals surface area contributed by atoms with E-state index >= 15 is 0 Å². The smallest absolute Gasteiger partial charge is 0.193 e. The third-order valence-electron chi connectivity index (χ3n) is 3.33. The van der Waals surface area contributed by atoms with Gasteiger partial charge in [-0.05, 0) is 60.8 Å². The van der Waals surface area contributed by atoms with Crippen LogP contribution in [0, 0.1) is 0 Å². The first kappa shape index (κ1) is 13.5. The Labute approximate surface area is 123 Å². The molecule has 1 saturated carbocycles. The first-order valence-electron chi connectivity index (χ1n) is 7.01. The van der Waals surface area contributed by atoms with Crippen LogP contribution < -0.4 is 10.1 Å². The summed E-state index contributed by atoms with van der Waals surface area (Å²) in [6.45, 7) is 2.92. The fraction of sp³-hybridized carbons (Fsp3) is 0.375. The summed E-state index contributed by atoms with van der Waals surface area (Å²) < 4.78 is 11.3. The van der Waals surface area contributed by atoms with E-state index in [-0.39, 0.29) is 6.04 Å². The number of furan rings is 1. The SMILES string of the molecule is CCNC(c1ccc(OC2CC2)cc1)c1ccc(Cl)o1. The van der Waals surface area contributed by atoms with Crippen LogP contribution in [0.25, 0.3) is 0 Å². The Morgan fingerprint density at radius 2 is 2.00 bits per heavy atom. The molecule has 20 heavy (non-hydrogen) atoms. The molecule has 0 bridgehead atoms. The normalized spacial score (nSPS) is 16.1. The summed E-state index contributed by atoms with van der Waals surface area (Å²) >= 11 is 5.87. The largest absolute Gasteiger partial charge is 0.490 e. The van der Waals surface area contributed by atoms with Crippen LogP contribution in [0.1, 0.15) is 37.1 Å². The zero-order valence-electron chi connectivity index (χ0n) is 11.4. The van der Waals surface area contributed by atoms with Crippen molar-refractivity contribution in [3.8, 4) is 5.75 Å². The lowest BCUT2D eigenvalue weighted by Gasteiger charge is -2.16. The highest BCUT2D eigenvalue weighted by Crippen LogP contribution is 2.30. The molecular weight excluding hydrogens is 274 g/mol. The van der Waals surface area contributed by atoms with Crippen molar-refractivity contribution < 1.29 is 9.15 Å². The van der Waals surface area contributed by atoms with Crippen LogP contribution in [0.4, 0.5) is 0 Å². The topological polar surface area (TPSA) is 34.4 Å². The number of hydrogen-bond donors (Lipinski definition) is 1. The van der Waals surface area contributed by atoms with E-state index in [1.807, 2.05) is 18.2 Å². The van der Waals surface area contributed by atoms with Crippen molar-refractivity contribution in [2.75, 3.05) is 6.54 Å². The highest BCUT2D eigenvalue weighted by molar-refractivity contribution is 6.28. The van der Waals surface area contributed by atoms with E-state index in [1.54, 1.807) is 6.07 Å². The molecule has 0 spiro atoms. The Morgan fingerprint density at radius 1 is 1.25 bits per heavy atom. The van der Waals surface area contributed by atoms with E-state index in [9.17, 15) is 0 Å². The van der Waals surface area contributed by atoms with E-state index in [0.717, 1.165) is 23.6 Å². The van der Waals surface area contributed by atoms with E-state index < -0.39 is 0 Å². The molecule has 1 aliphatic carbocycles. The minimum Gasteiger partial charge on any atom is -0.490 e. The van der Waals surface area contributed by atoms with Crippen LogP contribution >= 0.6 is 11.6 Å². The van der Waals surface area contributed by atoms with Gasteiger partial charge in [0.1, 0.15) is 11.5 Å². The lowest BCUT2D eigenvalue weighted by molar-refractivity contribution is 0.303. The number of hydrogen-bond acceptors (Lipinski definition) is 3. The molecule has 3 rings (SSSR count). The monoisotopic (exact) mass is 291 g/mol. The Morgan fingerprint density at radius 3 is 2.55 bits per heavy atom. The maximum absolute atomic E-state index is 5.87. The Bertz CT molecular complexity index is 560. The van der Waals surface area contributed by atoms with Gasteiger partial charge in [0.25, 0.3) is 0 Å². The van der Waals surface area contributed by atoms with Crippen LogP contribution in [-0.4, -0.2) is 12.6 Å². The van der Waals surface area contributed by atoms with Crippen LogP contribution in [0.5, 0.6) is 5.75 Å². The summed E-state index contributed by atoms with van der Waals surface area (Å²) in [5.41, 5.74) is 1.14. The van der Waals surface area contributed by atoms with E-state index in [4.69, 9.17) is 20.8 Å². The first-order chi connectivity index (χ1) is 9.76. The fourth-order valence-electron chi connectivity index (χ4n) is 2.19. The Balaban J connectivity index is 1.79. The zero-order chi connectivity index (χ0) is 13.9. The van der Waals surface area contributed by atoms with Gasteiger partial charge in [0.05, 0.1) is 12.1 Å². The molecule has 1 N–H and O–H groups in total. The lowest BCUT2D eigenvalue weighted by atomic mass is 10.0. The van der Waals surface area contributed by atoms with Gasteiger partial charge < -0.3 is 14.5 Å². The predicted molar refractivity (Wildman–Crippen MR) is 79.3 cm³/mol. The second-order valence-electron chi connectivity index (χ2n) is 5.02. The standard InChI is InChI=1S/C16H18ClNO2/c1-2-18-16(14-9-10-15(17)20-14)11-3-5-12(6-4-11)19-13-7-8-13/h3-6,9-10,13,16,18H,2,7-8H2,1H3. The van der Waals surface area contributed by atoms with Crippen molar-refractivity contribution in [1.82, 2.24) is 5.32 Å². The molecule has 0 saturated heterocycles. The van der Waals surface area contributed by atoms with Crippen molar-refractivity contribution in [2.24, 2.45) is 0 Å². The fourth-order valence-corrected chi connectivity index (χ4v) is 2.34. The minimum atomic E-state index is 0.0162. The molecule has 0 aliphatic heterocycles. The molecule has 1 heterocycles. The maximum atomic E-state index is 5.87. The van der Waals surface area contributed by atoms with Gasteiger partial charge in [-0.3, -0.25) is 0 Å². The summed E-state index contributed by atoms with van der Waals surface area (Å²) in [4.78, 5) is 0. The molecule has 106 valence electrons. The highest BCUT2D eigenvalue weighted by atomic mass is 35.5. The van der Waals surface area contributed by atoms with Gasteiger partial charge in [0.15, 0.2) is 5.22 Å². The van der Waals surface area contributed by atoms with Crippen LogP contribution in [0.3, 0.4) is 0 Å². The van der Waals surface area contributed by atoms with Crippen molar-refractivity contribution >= 4 is 11.6 Å². The molecule has 3 nitrogen and oxygen atoms in total. The molecule has 1 atom stereocenters. The third-order valence-corrected chi connectivity index (χ3v) is 3.53. The van der Waals surface area contributed by atoms with Crippen molar-refractivity contribution in [3.63, 3.8) is 0 Å². The number of benzene rings is 1. The first-order valence-corrected chi connectivity index (χ1v) is 7.39. The molecular formula is C16H18ClNO2. The minimum absolute atomic E-state index is 0.0162. The molecule has 1 aromatic carbocycles. The molecule has 2 aromatic rings. The summed E-state index contributed by atoms with van der Waals surface area (Å²) in [6, 6.07) is 11.9. The number of ether oxygens (including phenoxy) is 1. The number of halogens is 1. The van der Waals surface area contributed by atoms with E-state index in [0.29, 0.717) is 11.3 Å². The number of rotatable bonds is 6. The van der Waals surface area contributed by atoms with Gasteiger partial charge >= 0.3 is 0 Å². The van der Waals surface area contributed by atoms with Gasteiger partial charge in [-0.15, -0.1) is 0 Å². The molecule has 0 radical (unpaired) electrons. The van der Waals surface area contributed by atoms with Crippen LogP contribution in [0.2, 0.25) is 5.22 Å². The van der Waals surface area contributed by atoms with Gasteiger partial charge in [0.2, 0.25) is 0 Å². The second-order valence-corrected chi connectivity index (χ2v) is 5.39. The second kappa shape index (κ2) is 5.90. The average Bonchev–Trinajstić information content (AvgIpc) is 3.17. The summed E-state index contributed by atoms with van der Waals surface area (Å²) in [5, 5.41) is 3.82. The van der Waals surface area contributed by atoms with Gasteiger partial charge in [-0.1, -0.05) is 19.1 Å². The van der Waals surface area contributed by atoms with Crippen LogP contribution in [0.15, 0.2) is 40.8 Å². The molecule has 1 aromatic heterocycles. The van der Waals surface area contributed by atoms with Gasteiger partial charge in [-0.25, -0.2) is 0 Å². The van der Waals surface area contributed by atoms with Crippen molar-refractivity contribution in [1.29, 1.82) is 0 Å². The predicted octanol–water partition coefficient (Wildman–Crippen LogP) is 4.17. The Hall–Kier alpha value is -1.45. The average molecular weight is 292 g/mol. The van der Waals surface area contributed by atoms with E-state index in [2.05, 4.69) is 24.4 Å². The zero-order valence-corrected chi connectivity index (χ0v) is 12.2. The summed E-state index contributed by atoms with van der Waals surface area (Å²) in [5.74, 6) is 1.76. The molecule has 1 aliphatic rings. The molecule has 0 amide bonds. The lowest BCUT2D eigenvalue weighted by Crippen LogP contribution is -2.21. The van der Waals surface area contributed by atoms with Crippen molar-refractivity contribution in [2.45, 2.75) is 31.9 Å². The molecule has 1 unspecified atom stereocenters. The van der Waals surface area contributed by atoms with E-state index in [1.165, 1.54) is 12.8 Å². The van der Waals surface area contributed by atoms with Gasteiger partial charge in [0, 0.05) is 0 Å². The molecule has 4 heteroatoms.